The minimum Gasteiger partial charge on any atom is -0.294 e. The average molecular weight is 174 g/mol. The lowest BCUT2D eigenvalue weighted by atomic mass is 10.2. The first-order chi connectivity index (χ1) is 5.13. The van der Waals surface area contributed by atoms with Crippen LogP contribution >= 0.6 is 11.6 Å². The highest BCUT2D eigenvalue weighted by atomic mass is 35.5. The summed E-state index contributed by atoms with van der Waals surface area (Å²) < 4.78 is 12.6. The van der Waals surface area contributed by atoms with Gasteiger partial charge in [-0.1, -0.05) is 11.6 Å². The molecule has 0 radical (unpaired) electrons. The van der Waals surface area contributed by atoms with E-state index in [1.807, 2.05) is 0 Å². The van der Waals surface area contributed by atoms with Gasteiger partial charge in [-0.25, -0.2) is 4.39 Å². The molecule has 4 heteroatoms. The summed E-state index contributed by atoms with van der Waals surface area (Å²) >= 11 is 5.45. The second-order valence-corrected chi connectivity index (χ2v) is 2.42. The van der Waals surface area contributed by atoms with Crippen LogP contribution in [0.1, 0.15) is 17.3 Å². The van der Waals surface area contributed by atoms with Crippen molar-refractivity contribution < 1.29 is 9.18 Å². The lowest BCUT2D eigenvalue weighted by Crippen LogP contribution is -1.96. The topological polar surface area (TPSA) is 30.0 Å². The standard InChI is InChI=1S/C7H5ClFNO/c1-4(11)5-2-10-3-6(9)7(5)8/h2-3H,1H3. The van der Waals surface area contributed by atoms with Gasteiger partial charge in [0.25, 0.3) is 0 Å². The third kappa shape index (κ3) is 1.54. The highest BCUT2D eigenvalue weighted by Gasteiger charge is 2.09. The molecular formula is C7H5ClFNO. The molecule has 0 amide bonds. The Labute approximate surface area is 68.0 Å². The largest absolute Gasteiger partial charge is 0.294 e. The van der Waals surface area contributed by atoms with Gasteiger partial charge in [0.15, 0.2) is 11.6 Å². The molecule has 1 aromatic rings. The third-order valence-electron chi connectivity index (χ3n) is 1.22. The minimum atomic E-state index is -0.667. The molecule has 11 heavy (non-hydrogen) atoms. The molecule has 0 saturated carbocycles. The van der Waals surface area contributed by atoms with E-state index in [-0.39, 0.29) is 16.4 Å². The van der Waals surface area contributed by atoms with E-state index in [9.17, 15) is 9.18 Å². The Morgan fingerprint density at radius 1 is 1.64 bits per heavy atom. The second-order valence-electron chi connectivity index (χ2n) is 2.04. The summed E-state index contributed by atoms with van der Waals surface area (Å²) in [7, 11) is 0. The molecule has 0 aliphatic rings. The third-order valence-corrected chi connectivity index (χ3v) is 1.60. The Kier molecular flexibility index (Phi) is 2.19. The Balaban J connectivity index is 3.27. The molecule has 0 fully saturated rings. The molecule has 0 bridgehead atoms. The number of pyridine rings is 1. The molecule has 1 aromatic heterocycles. The Morgan fingerprint density at radius 2 is 2.27 bits per heavy atom. The number of carbonyl (C=O) groups is 1. The Hall–Kier alpha value is -0.960. The van der Waals surface area contributed by atoms with Crippen molar-refractivity contribution >= 4 is 17.4 Å². The first-order valence-corrected chi connectivity index (χ1v) is 3.30. The predicted molar refractivity (Wildman–Crippen MR) is 39.2 cm³/mol. The van der Waals surface area contributed by atoms with E-state index in [0.717, 1.165) is 6.20 Å². The van der Waals surface area contributed by atoms with E-state index in [2.05, 4.69) is 4.98 Å². The molecule has 1 heterocycles. The number of rotatable bonds is 1. The summed E-state index contributed by atoms with van der Waals surface area (Å²) in [6.07, 6.45) is 2.21. The number of halogens is 2. The van der Waals surface area contributed by atoms with Crippen molar-refractivity contribution in [3.8, 4) is 0 Å². The van der Waals surface area contributed by atoms with E-state index in [1.54, 1.807) is 0 Å². The van der Waals surface area contributed by atoms with E-state index in [0.29, 0.717) is 0 Å². The van der Waals surface area contributed by atoms with Crippen LogP contribution in [0.5, 0.6) is 0 Å². The average Bonchev–Trinajstić information content (AvgIpc) is 1.94. The van der Waals surface area contributed by atoms with Gasteiger partial charge in [-0.3, -0.25) is 9.78 Å². The maximum Gasteiger partial charge on any atom is 0.162 e. The van der Waals surface area contributed by atoms with Crippen molar-refractivity contribution in [1.82, 2.24) is 4.98 Å². The van der Waals surface area contributed by atoms with Crippen LogP contribution in [0.4, 0.5) is 4.39 Å². The van der Waals surface area contributed by atoms with Crippen molar-refractivity contribution in [2.75, 3.05) is 0 Å². The lowest BCUT2D eigenvalue weighted by Gasteiger charge is -1.97. The van der Waals surface area contributed by atoms with Crippen molar-refractivity contribution in [1.29, 1.82) is 0 Å². The molecule has 0 aliphatic heterocycles. The zero-order valence-electron chi connectivity index (χ0n) is 5.77. The Bertz CT molecular complexity index is 300. The summed E-state index contributed by atoms with van der Waals surface area (Å²) in [6.45, 7) is 1.31. The molecule has 0 unspecified atom stereocenters. The molecule has 0 atom stereocenters. The highest BCUT2D eigenvalue weighted by Crippen LogP contribution is 2.18. The summed E-state index contributed by atoms with van der Waals surface area (Å²) in [5.41, 5.74) is 0.117. The SMILES string of the molecule is CC(=O)c1cncc(F)c1Cl. The maximum atomic E-state index is 12.6. The molecule has 0 saturated heterocycles. The molecule has 0 aromatic carbocycles. The number of nitrogens with zero attached hydrogens (tertiary/aromatic N) is 1. The normalized spacial score (nSPS) is 9.73. The number of hydrogen-bond acceptors (Lipinski definition) is 2. The van der Waals surface area contributed by atoms with Crippen LogP contribution in [0.3, 0.4) is 0 Å². The van der Waals surface area contributed by atoms with Gasteiger partial charge in [-0.15, -0.1) is 0 Å². The molecule has 2 nitrogen and oxygen atoms in total. The minimum absolute atomic E-state index is 0.117. The molecule has 0 spiro atoms. The fourth-order valence-electron chi connectivity index (χ4n) is 0.665. The van der Waals surface area contributed by atoms with Gasteiger partial charge < -0.3 is 0 Å². The maximum absolute atomic E-state index is 12.6. The molecule has 0 aliphatic carbocycles. The summed E-state index contributed by atoms with van der Waals surface area (Å²) in [6, 6.07) is 0. The van der Waals surface area contributed by atoms with E-state index in [1.165, 1.54) is 13.1 Å². The van der Waals surface area contributed by atoms with Gasteiger partial charge in [0.2, 0.25) is 0 Å². The number of Topliss-reactive ketones (excluding diaryl/α,β-unsaturated/α-hetero) is 1. The van der Waals surface area contributed by atoms with Gasteiger partial charge in [0.1, 0.15) is 0 Å². The van der Waals surface area contributed by atoms with E-state index in [4.69, 9.17) is 11.6 Å². The molecule has 0 N–H and O–H groups in total. The number of hydrogen-bond donors (Lipinski definition) is 0. The van der Waals surface area contributed by atoms with Crippen LogP contribution in [0, 0.1) is 5.82 Å². The number of carbonyl (C=O) groups excluding carboxylic acids is 1. The first-order valence-electron chi connectivity index (χ1n) is 2.93. The summed E-state index contributed by atoms with van der Waals surface area (Å²) in [5.74, 6) is -0.957. The molecular weight excluding hydrogens is 169 g/mol. The summed E-state index contributed by atoms with van der Waals surface area (Å²) in [4.78, 5) is 14.2. The van der Waals surface area contributed by atoms with Gasteiger partial charge in [0, 0.05) is 6.20 Å². The quantitative estimate of drug-likeness (QED) is 0.609. The van der Waals surface area contributed by atoms with Crippen molar-refractivity contribution in [2.24, 2.45) is 0 Å². The highest BCUT2D eigenvalue weighted by molar-refractivity contribution is 6.33. The van der Waals surface area contributed by atoms with Crippen molar-refractivity contribution in [3.63, 3.8) is 0 Å². The zero-order valence-corrected chi connectivity index (χ0v) is 6.52. The van der Waals surface area contributed by atoms with Crippen LogP contribution < -0.4 is 0 Å². The van der Waals surface area contributed by atoms with E-state index >= 15 is 0 Å². The van der Waals surface area contributed by atoms with Gasteiger partial charge in [-0.05, 0) is 6.92 Å². The van der Waals surface area contributed by atoms with Crippen molar-refractivity contribution in [3.05, 3.63) is 28.8 Å². The Morgan fingerprint density at radius 3 is 2.73 bits per heavy atom. The van der Waals surface area contributed by atoms with Crippen LogP contribution in [-0.4, -0.2) is 10.8 Å². The van der Waals surface area contributed by atoms with Crippen molar-refractivity contribution in [2.45, 2.75) is 6.92 Å². The summed E-state index contributed by atoms with van der Waals surface area (Å²) in [5, 5.41) is -0.160. The number of aromatic nitrogens is 1. The van der Waals surface area contributed by atoms with Gasteiger partial charge in [0.05, 0.1) is 16.8 Å². The van der Waals surface area contributed by atoms with Crippen LogP contribution in [0.2, 0.25) is 5.02 Å². The van der Waals surface area contributed by atoms with Crippen LogP contribution in [0.25, 0.3) is 0 Å². The predicted octanol–water partition coefficient (Wildman–Crippen LogP) is 2.08. The second kappa shape index (κ2) is 2.96. The van der Waals surface area contributed by atoms with Crippen LogP contribution in [-0.2, 0) is 0 Å². The molecule has 58 valence electrons. The lowest BCUT2D eigenvalue weighted by molar-refractivity contribution is 0.101. The van der Waals surface area contributed by atoms with Crippen LogP contribution in [0.15, 0.2) is 12.4 Å². The first kappa shape index (κ1) is 8.14. The van der Waals surface area contributed by atoms with E-state index < -0.39 is 5.82 Å². The zero-order chi connectivity index (χ0) is 8.43. The monoisotopic (exact) mass is 173 g/mol. The number of ketones is 1. The fourth-order valence-corrected chi connectivity index (χ4v) is 0.895. The smallest absolute Gasteiger partial charge is 0.162 e. The van der Waals surface area contributed by atoms with Gasteiger partial charge in [-0.2, -0.15) is 0 Å². The fraction of sp³-hybridized carbons (Fsp3) is 0.143. The van der Waals surface area contributed by atoms with Gasteiger partial charge >= 0.3 is 0 Å². The molecule has 1 rings (SSSR count).